The van der Waals surface area contributed by atoms with E-state index in [0.717, 1.165) is 42.6 Å². The summed E-state index contributed by atoms with van der Waals surface area (Å²) in [5, 5.41) is 10.8. The normalized spacial score (nSPS) is 22.5. The van der Waals surface area contributed by atoms with E-state index in [9.17, 15) is 10.1 Å². The van der Waals surface area contributed by atoms with Gasteiger partial charge in [0.05, 0.1) is 23.2 Å². The van der Waals surface area contributed by atoms with Crippen LogP contribution in [0, 0.1) is 11.3 Å². The van der Waals surface area contributed by atoms with Crippen molar-refractivity contribution < 1.29 is 4.79 Å². The molecule has 1 aliphatic carbocycles. The van der Waals surface area contributed by atoms with E-state index < -0.39 is 5.54 Å². The molecule has 0 spiro atoms. The van der Waals surface area contributed by atoms with Gasteiger partial charge in [-0.25, -0.2) is 4.79 Å². The third-order valence-electron chi connectivity index (χ3n) is 6.63. The lowest BCUT2D eigenvalue weighted by molar-refractivity contribution is 0.252. The topological polar surface area (TPSA) is 47.3 Å². The number of rotatable bonds is 3. The molecule has 2 amide bonds. The summed E-state index contributed by atoms with van der Waals surface area (Å²) in [5.74, 6) is 0. The first-order valence-corrected chi connectivity index (χ1v) is 11.5. The number of fused-ring (bicyclic) bond motifs is 1. The van der Waals surface area contributed by atoms with Gasteiger partial charge in [-0.3, -0.25) is 9.80 Å². The Morgan fingerprint density at radius 1 is 0.906 bits per heavy atom. The molecule has 0 aromatic heterocycles. The van der Waals surface area contributed by atoms with Crippen LogP contribution in [0.3, 0.4) is 0 Å². The van der Waals surface area contributed by atoms with E-state index in [2.05, 4.69) is 6.07 Å². The average Bonchev–Trinajstić information content (AvgIpc) is 3.09. The first-order valence-electron chi connectivity index (χ1n) is 10.7. The van der Waals surface area contributed by atoms with Gasteiger partial charge in [-0.15, -0.1) is 0 Å². The van der Waals surface area contributed by atoms with Crippen LogP contribution < -0.4 is 9.80 Å². The molecule has 6 heteroatoms. The fourth-order valence-electron chi connectivity index (χ4n) is 5.30. The monoisotopic (exact) mass is 461 g/mol. The SMILES string of the molecule is N#Cc1cccc([C@@]23CCCC[C@@H]2N(c2ccc(Cl)cc2)C(=O)N3c2ccc(Cl)cc2)c1. The van der Waals surface area contributed by atoms with E-state index in [1.165, 1.54) is 0 Å². The third kappa shape index (κ3) is 3.24. The number of amides is 2. The Morgan fingerprint density at radius 2 is 1.56 bits per heavy atom. The number of anilines is 2. The van der Waals surface area contributed by atoms with Crippen molar-refractivity contribution in [3.63, 3.8) is 0 Å². The van der Waals surface area contributed by atoms with Gasteiger partial charge in [0.1, 0.15) is 0 Å². The maximum Gasteiger partial charge on any atom is 0.330 e. The van der Waals surface area contributed by atoms with Crippen LogP contribution in [-0.2, 0) is 5.54 Å². The number of carbonyl (C=O) groups excluding carboxylic acids is 1. The zero-order valence-electron chi connectivity index (χ0n) is 17.3. The van der Waals surface area contributed by atoms with Crippen molar-refractivity contribution in [2.45, 2.75) is 37.3 Å². The van der Waals surface area contributed by atoms with Crippen LogP contribution in [0.4, 0.5) is 16.2 Å². The van der Waals surface area contributed by atoms with Gasteiger partial charge in [0.2, 0.25) is 0 Å². The molecule has 3 aromatic rings. The second-order valence-corrected chi connectivity index (χ2v) is 9.19. The Hall–Kier alpha value is -3.00. The molecule has 0 N–H and O–H groups in total. The van der Waals surface area contributed by atoms with Gasteiger partial charge in [-0.2, -0.15) is 5.26 Å². The number of hydrogen-bond acceptors (Lipinski definition) is 2. The van der Waals surface area contributed by atoms with Gasteiger partial charge >= 0.3 is 6.03 Å². The highest BCUT2D eigenvalue weighted by Gasteiger charge is 2.59. The third-order valence-corrected chi connectivity index (χ3v) is 7.13. The number of carbonyl (C=O) groups is 1. The van der Waals surface area contributed by atoms with E-state index in [0.29, 0.717) is 15.6 Å². The van der Waals surface area contributed by atoms with Crippen molar-refractivity contribution in [2.75, 3.05) is 9.80 Å². The molecule has 1 saturated heterocycles. The largest absolute Gasteiger partial charge is 0.330 e. The molecular weight excluding hydrogens is 441 g/mol. The fraction of sp³-hybridized carbons (Fsp3) is 0.231. The fourth-order valence-corrected chi connectivity index (χ4v) is 5.55. The van der Waals surface area contributed by atoms with Crippen LogP contribution >= 0.6 is 23.2 Å². The molecule has 0 bridgehead atoms. The molecule has 32 heavy (non-hydrogen) atoms. The van der Waals surface area contributed by atoms with Gasteiger partial charge in [-0.1, -0.05) is 48.2 Å². The van der Waals surface area contributed by atoms with Gasteiger partial charge in [0.15, 0.2) is 0 Å². The summed E-state index contributed by atoms with van der Waals surface area (Å²) >= 11 is 12.3. The van der Waals surface area contributed by atoms with Crippen molar-refractivity contribution in [3.8, 4) is 6.07 Å². The van der Waals surface area contributed by atoms with Gasteiger partial charge in [-0.05, 0) is 79.1 Å². The molecule has 4 nitrogen and oxygen atoms in total. The highest BCUT2D eigenvalue weighted by molar-refractivity contribution is 6.31. The van der Waals surface area contributed by atoms with E-state index in [1.807, 2.05) is 76.5 Å². The number of benzene rings is 3. The molecule has 2 atom stereocenters. The van der Waals surface area contributed by atoms with E-state index in [1.54, 1.807) is 6.07 Å². The van der Waals surface area contributed by atoms with Crippen LogP contribution in [0.1, 0.15) is 36.8 Å². The number of hydrogen-bond donors (Lipinski definition) is 0. The first kappa shape index (κ1) is 20.9. The van der Waals surface area contributed by atoms with Crippen LogP contribution in [0.2, 0.25) is 10.0 Å². The van der Waals surface area contributed by atoms with E-state index >= 15 is 0 Å². The highest BCUT2D eigenvalue weighted by atomic mass is 35.5. The molecule has 2 fully saturated rings. The Morgan fingerprint density at radius 3 is 2.22 bits per heavy atom. The van der Waals surface area contributed by atoms with Crippen molar-refractivity contribution in [1.82, 2.24) is 0 Å². The van der Waals surface area contributed by atoms with Crippen LogP contribution in [0.5, 0.6) is 0 Å². The molecule has 5 rings (SSSR count). The Bertz CT molecular complexity index is 1200. The summed E-state index contributed by atoms with van der Waals surface area (Å²) in [6.45, 7) is 0. The van der Waals surface area contributed by atoms with Crippen molar-refractivity contribution in [3.05, 3.63) is 94.0 Å². The number of halogens is 2. The minimum absolute atomic E-state index is 0.0745. The van der Waals surface area contributed by atoms with Crippen molar-refractivity contribution in [2.24, 2.45) is 0 Å². The molecule has 160 valence electrons. The minimum Gasteiger partial charge on any atom is -0.288 e. The summed E-state index contributed by atoms with van der Waals surface area (Å²) in [6.07, 6.45) is 3.72. The molecule has 1 heterocycles. The molecular formula is C26H21Cl2N3O. The summed E-state index contributed by atoms with van der Waals surface area (Å²) in [4.78, 5) is 17.9. The molecule has 1 aliphatic heterocycles. The van der Waals surface area contributed by atoms with Crippen molar-refractivity contribution in [1.29, 1.82) is 5.26 Å². The zero-order chi connectivity index (χ0) is 22.3. The summed E-state index contributed by atoms with van der Waals surface area (Å²) in [7, 11) is 0. The molecule has 2 aliphatic rings. The Balaban J connectivity index is 1.75. The number of nitriles is 1. The van der Waals surface area contributed by atoms with Crippen LogP contribution in [0.15, 0.2) is 72.8 Å². The van der Waals surface area contributed by atoms with Crippen LogP contribution in [0.25, 0.3) is 0 Å². The second-order valence-electron chi connectivity index (χ2n) is 8.32. The molecule has 3 aromatic carbocycles. The highest BCUT2D eigenvalue weighted by Crippen LogP contribution is 2.53. The lowest BCUT2D eigenvalue weighted by Crippen LogP contribution is -2.51. The molecule has 0 unspecified atom stereocenters. The average molecular weight is 462 g/mol. The molecule has 0 radical (unpaired) electrons. The zero-order valence-corrected chi connectivity index (χ0v) is 18.9. The first-order chi connectivity index (χ1) is 15.5. The van der Waals surface area contributed by atoms with E-state index in [-0.39, 0.29) is 12.1 Å². The smallest absolute Gasteiger partial charge is 0.288 e. The van der Waals surface area contributed by atoms with Gasteiger partial charge in [0, 0.05) is 21.4 Å². The lowest BCUT2D eigenvalue weighted by Gasteiger charge is -2.45. The number of urea groups is 1. The van der Waals surface area contributed by atoms with Crippen LogP contribution in [-0.4, -0.2) is 12.1 Å². The van der Waals surface area contributed by atoms with E-state index in [4.69, 9.17) is 23.2 Å². The minimum atomic E-state index is -0.588. The standard InChI is InChI=1S/C26H21Cl2N3O/c27-20-7-11-22(12-8-20)30-24-6-1-2-15-26(24,19-5-3-4-18(16-19)17-29)31(25(30)32)23-13-9-21(28)10-14-23/h3-5,7-14,16,24H,1-2,6,15H2/t24-,26-/m0/s1. The Kier molecular flexibility index (Phi) is 5.33. The molecule has 1 saturated carbocycles. The predicted octanol–water partition coefficient (Wildman–Crippen LogP) is 7.15. The second kappa shape index (κ2) is 8.16. The number of nitrogens with zero attached hydrogens (tertiary/aromatic N) is 3. The maximum atomic E-state index is 14.1. The summed E-state index contributed by atoms with van der Waals surface area (Å²) in [5.41, 5.74) is 2.61. The van der Waals surface area contributed by atoms with Crippen molar-refractivity contribution >= 4 is 40.6 Å². The summed E-state index contributed by atoms with van der Waals surface area (Å²) < 4.78 is 0. The van der Waals surface area contributed by atoms with Gasteiger partial charge in [0.25, 0.3) is 0 Å². The van der Waals surface area contributed by atoms with Gasteiger partial charge < -0.3 is 0 Å². The quantitative estimate of drug-likeness (QED) is 0.415. The predicted molar refractivity (Wildman–Crippen MR) is 128 cm³/mol. The maximum absolute atomic E-state index is 14.1. The lowest BCUT2D eigenvalue weighted by atomic mass is 9.72. The summed E-state index contributed by atoms with van der Waals surface area (Å²) in [6, 6.07) is 24.6. The Labute approximate surface area is 197 Å².